The van der Waals surface area contributed by atoms with Gasteiger partial charge in [-0.1, -0.05) is 29.3 Å². The molecule has 1 saturated heterocycles. The standard InChI is InChI=1S/C10H12Cl2N2/c11-7-1-2-8(9(12)5-7)10-6-13-3-4-14-10/h1-2,5,10,13-14H,3-4,6H2/t10-/m1/s1. The van der Waals surface area contributed by atoms with Crippen molar-refractivity contribution in [2.24, 2.45) is 0 Å². The number of halogens is 2. The fourth-order valence-electron chi connectivity index (χ4n) is 1.66. The third kappa shape index (κ3) is 2.20. The molecule has 0 spiro atoms. The lowest BCUT2D eigenvalue weighted by Crippen LogP contribution is -2.42. The van der Waals surface area contributed by atoms with Crippen LogP contribution in [0.15, 0.2) is 18.2 Å². The SMILES string of the molecule is Clc1ccc([C@H]2CNCCN2)c(Cl)c1. The maximum atomic E-state index is 6.11. The highest BCUT2D eigenvalue weighted by molar-refractivity contribution is 6.35. The Morgan fingerprint density at radius 3 is 2.71 bits per heavy atom. The predicted molar refractivity (Wildman–Crippen MR) is 60.1 cm³/mol. The van der Waals surface area contributed by atoms with Crippen molar-refractivity contribution in [2.45, 2.75) is 6.04 Å². The molecule has 1 aliphatic rings. The maximum absolute atomic E-state index is 6.11. The van der Waals surface area contributed by atoms with Gasteiger partial charge in [0.25, 0.3) is 0 Å². The summed E-state index contributed by atoms with van der Waals surface area (Å²) in [7, 11) is 0. The van der Waals surface area contributed by atoms with Gasteiger partial charge in [0, 0.05) is 35.7 Å². The normalized spacial score (nSPS) is 22.3. The molecule has 1 aliphatic heterocycles. The molecule has 2 nitrogen and oxygen atoms in total. The van der Waals surface area contributed by atoms with Crippen molar-refractivity contribution in [3.63, 3.8) is 0 Å². The highest BCUT2D eigenvalue weighted by Gasteiger charge is 2.16. The molecule has 2 N–H and O–H groups in total. The van der Waals surface area contributed by atoms with Crippen molar-refractivity contribution in [3.8, 4) is 0 Å². The highest BCUT2D eigenvalue weighted by Crippen LogP contribution is 2.26. The van der Waals surface area contributed by atoms with Crippen molar-refractivity contribution < 1.29 is 0 Å². The zero-order valence-electron chi connectivity index (χ0n) is 7.69. The average molecular weight is 231 g/mol. The molecule has 2 rings (SSSR count). The van der Waals surface area contributed by atoms with E-state index in [4.69, 9.17) is 23.2 Å². The molecule has 0 unspecified atom stereocenters. The van der Waals surface area contributed by atoms with Crippen molar-refractivity contribution in [1.82, 2.24) is 10.6 Å². The van der Waals surface area contributed by atoms with Crippen LogP contribution in [-0.4, -0.2) is 19.6 Å². The minimum atomic E-state index is 0.300. The van der Waals surface area contributed by atoms with Gasteiger partial charge in [0.05, 0.1) is 0 Å². The Labute approximate surface area is 93.6 Å². The quantitative estimate of drug-likeness (QED) is 0.774. The second kappa shape index (κ2) is 4.49. The van der Waals surface area contributed by atoms with Gasteiger partial charge in [-0.2, -0.15) is 0 Å². The molecule has 1 heterocycles. The van der Waals surface area contributed by atoms with Crippen LogP contribution in [0.5, 0.6) is 0 Å². The van der Waals surface area contributed by atoms with Gasteiger partial charge in [-0.05, 0) is 17.7 Å². The zero-order chi connectivity index (χ0) is 9.97. The Morgan fingerprint density at radius 2 is 2.07 bits per heavy atom. The number of nitrogens with one attached hydrogen (secondary N) is 2. The van der Waals surface area contributed by atoms with Crippen LogP contribution in [0, 0.1) is 0 Å². The summed E-state index contributed by atoms with van der Waals surface area (Å²) in [5.74, 6) is 0. The van der Waals surface area contributed by atoms with Crippen LogP contribution in [0.3, 0.4) is 0 Å². The molecule has 1 aromatic carbocycles. The molecule has 0 saturated carbocycles. The summed E-state index contributed by atoms with van der Waals surface area (Å²) in [5.41, 5.74) is 1.11. The van der Waals surface area contributed by atoms with Gasteiger partial charge < -0.3 is 10.6 Å². The van der Waals surface area contributed by atoms with E-state index >= 15 is 0 Å². The van der Waals surface area contributed by atoms with Crippen LogP contribution >= 0.6 is 23.2 Å². The van der Waals surface area contributed by atoms with Crippen LogP contribution in [0.2, 0.25) is 10.0 Å². The van der Waals surface area contributed by atoms with E-state index in [1.165, 1.54) is 0 Å². The first-order valence-electron chi connectivity index (χ1n) is 4.66. The van der Waals surface area contributed by atoms with Crippen molar-refractivity contribution >= 4 is 23.2 Å². The first-order valence-corrected chi connectivity index (χ1v) is 5.42. The lowest BCUT2D eigenvalue weighted by molar-refractivity contribution is 0.430. The van der Waals surface area contributed by atoms with E-state index in [9.17, 15) is 0 Å². The number of benzene rings is 1. The van der Waals surface area contributed by atoms with Crippen molar-refractivity contribution in [2.75, 3.05) is 19.6 Å². The monoisotopic (exact) mass is 230 g/mol. The van der Waals surface area contributed by atoms with Crippen LogP contribution in [0.4, 0.5) is 0 Å². The van der Waals surface area contributed by atoms with Crippen LogP contribution < -0.4 is 10.6 Å². The van der Waals surface area contributed by atoms with Gasteiger partial charge >= 0.3 is 0 Å². The summed E-state index contributed by atoms with van der Waals surface area (Å²) in [6.45, 7) is 2.91. The van der Waals surface area contributed by atoms with Gasteiger partial charge in [0.15, 0.2) is 0 Å². The van der Waals surface area contributed by atoms with E-state index < -0.39 is 0 Å². The molecule has 0 aliphatic carbocycles. The number of hydrogen-bond donors (Lipinski definition) is 2. The molecule has 1 atom stereocenters. The molecule has 0 aromatic heterocycles. The van der Waals surface area contributed by atoms with Crippen LogP contribution in [0.1, 0.15) is 11.6 Å². The summed E-state index contributed by atoms with van der Waals surface area (Å²) in [6, 6.07) is 5.94. The molecule has 76 valence electrons. The van der Waals surface area contributed by atoms with Crippen LogP contribution in [-0.2, 0) is 0 Å². The second-order valence-corrected chi connectivity index (χ2v) is 4.22. The molecule has 4 heteroatoms. The maximum Gasteiger partial charge on any atom is 0.0469 e. The smallest absolute Gasteiger partial charge is 0.0469 e. The fourth-order valence-corrected chi connectivity index (χ4v) is 2.20. The summed E-state index contributed by atoms with van der Waals surface area (Å²) >= 11 is 11.9. The number of rotatable bonds is 1. The first kappa shape index (κ1) is 10.2. The highest BCUT2D eigenvalue weighted by atomic mass is 35.5. The van der Waals surface area contributed by atoms with Gasteiger partial charge in [-0.15, -0.1) is 0 Å². The molecule has 1 aromatic rings. The Balaban J connectivity index is 2.22. The van der Waals surface area contributed by atoms with E-state index in [-0.39, 0.29) is 0 Å². The lowest BCUT2D eigenvalue weighted by Gasteiger charge is -2.25. The Morgan fingerprint density at radius 1 is 1.21 bits per heavy atom. The van der Waals surface area contributed by atoms with Crippen LogP contribution in [0.25, 0.3) is 0 Å². The fraction of sp³-hybridized carbons (Fsp3) is 0.400. The zero-order valence-corrected chi connectivity index (χ0v) is 9.20. The van der Waals surface area contributed by atoms with Gasteiger partial charge in [-0.25, -0.2) is 0 Å². The predicted octanol–water partition coefficient (Wildman–Crippen LogP) is 2.23. The topological polar surface area (TPSA) is 24.1 Å². The molecule has 0 radical (unpaired) electrons. The second-order valence-electron chi connectivity index (χ2n) is 3.38. The first-order chi connectivity index (χ1) is 6.77. The van der Waals surface area contributed by atoms with Gasteiger partial charge in [-0.3, -0.25) is 0 Å². The summed E-state index contributed by atoms with van der Waals surface area (Å²) in [6.07, 6.45) is 0. The Hall–Kier alpha value is -0.280. The number of piperazine rings is 1. The lowest BCUT2D eigenvalue weighted by atomic mass is 10.1. The van der Waals surface area contributed by atoms with Crippen molar-refractivity contribution in [3.05, 3.63) is 33.8 Å². The van der Waals surface area contributed by atoms with E-state index in [0.29, 0.717) is 11.1 Å². The van der Waals surface area contributed by atoms with Gasteiger partial charge in [0.1, 0.15) is 0 Å². The minimum Gasteiger partial charge on any atom is -0.314 e. The molecular formula is C10H12Cl2N2. The molecule has 1 fully saturated rings. The average Bonchev–Trinajstić information content (AvgIpc) is 2.19. The third-order valence-corrected chi connectivity index (χ3v) is 2.94. The Kier molecular flexibility index (Phi) is 3.29. The number of hydrogen-bond acceptors (Lipinski definition) is 2. The largest absolute Gasteiger partial charge is 0.314 e. The molecule has 0 amide bonds. The van der Waals surface area contributed by atoms with E-state index in [1.54, 1.807) is 6.07 Å². The molecule has 14 heavy (non-hydrogen) atoms. The molecule has 0 bridgehead atoms. The van der Waals surface area contributed by atoms with E-state index in [1.807, 2.05) is 12.1 Å². The summed E-state index contributed by atoms with van der Waals surface area (Å²) < 4.78 is 0. The summed E-state index contributed by atoms with van der Waals surface area (Å²) in [4.78, 5) is 0. The Bertz CT molecular complexity index is 322. The van der Waals surface area contributed by atoms with E-state index in [2.05, 4.69) is 10.6 Å². The molecular weight excluding hydrogens is 219 g/mol. The minimum absolute atomic E-state index is 0.300. The third-order valence-electron chi connectivity index (χ3n) is 2.38. The van der Waals surface area contributed by atoms with E-state index in [0.717, 1.165) is 30.2 Å². The summed E-state index contributed by atoms with van der Waals surface area (Å²) in [5, 5.41) is 8.14. The van der Waals surface area contributed by atoms with Crippen molar-refractivity contribution in [1.29, 1.82) is 0 Å². The van der Waals surface area contributed by atoms with Gasteiger partial charge in [0.2, 0.25) is 0 Å².